The van der Waals surface area contributed by atoms with Gasteiger partial charge in [-0.15, -0.1) is 0 Å². The van der Waals surface area contributed by atoms with Gasteiger partial charge in [0.1, 0.15) is 12.1 Å². The van der Waals surface area contributed by atoms with E-state index in [1.54, 1.807) is 24.3 Å². The van der Waals surface area contributed by atoms with E-state index in [1.807, 2.05) is 0 Å². The first-order valence-corrected chi connectivity index (χ1v) is 8.94. The molecule has 0 heterocycles. The molecule has 10 heteroatoms. The number of carbonyl (C=O) groups excluding carboxylic acids is 4. The number of benzene rings is 1. The monoisotopic (exact) mass is 404 g/mol. The highest BCUT2D eigenvalue weighted by Gasteiger charge is 2.34. The van der Waals surface area contributed by atoms with E-state index in [-0.39, 0.29) is 17.8 Å². The van der Waals surface area contributed by atoms with Crippen molar-refractivity contribution in [2.45, 2.75) is 44.6 Å². The SMILES string of the molecule is CC(=O)c1ccc(NC(=O)NC2C=C(C(=O)NC(C)C(N)=O)CC(O)C2O)cc1. The highest BCUT2D eigenvalue weighted by molar-refractivity contribution is 5.97. The van der Waals surface area contributed by atoms with E-state index in [2.05, 4.69) is 16.0 Å². The first-order valence-electron chi connectivity index (χ1n) is 8.94. The van der Waals surface area contributed by atoms with Gasteiger partial charge in [-0.1, -0.05) is 6.08 Å². The van der Waals surface area contributed by atoms with E-state index in [0.717, 1.165) is 0 Å². The van der Waals surface area contributed by atoms with Crippen LogP contribution < -0.4 is 21.7 Å². The largest absolute Gasteiger partial charge is 0.390 e. The molecule has 156 valence electrons. The molecule has 0 spiro atoms. The number of rotatable bonds is 6. The third-order valence-electron chi connectivity index (χ3n) is 4.49. The summed E-state index contributed by atoms with van der Waals surface area (Å²) in [6.07, 6.45) is -1.44. The van der Waals surface area contributed by atoms with Crippen LogP contribution in [0.15, 0.2) is 35.9 Å². The highest BCUT2D eigenvalue weighted by atomic mass is 16.3. The van der Waals surface area contributed by atoms with Crippen LogP contribution in [0.2, 0.25) is 0 Å². The Balaban J connectivity index is 2.06. The van der Waals surface area contributed by atoms with Gasteiger partial charge in [0.05, 0.1) is 12.1 Å². The van der Waals surface area contributed by atoms with Crippen LogP contribution in [-0.4, -0.2) is 58.1 Å². The Morgan fingerprint density at radius 2 is 1.76 bits per heavy atom. The number of hydrogen-bond donors (Lipinski definition) is 6. The fraction of sp³-hybridized carbons (Fsp3) is 0.368. The third-order valence-corrected chi connectivity index (χ3v) is 4.49. The quantitative estimate of drug-likeness (QED) is 0.346. The molecule has 7 N–H and O–H groups in total. The highest BCUT2D eigenvalue weighted by Crippen LogP contribution is 2.20. The van der Waals surface area contributed by atoms with E-state index >= 15 is 0 Å². The average Bonchev–Trinajstić information content (AvgIpc) is 2.65. The van der Waals surface area contributed by atoms with E-state index in [9.17, 15) is 29.4 Å². The zero-order valence-corrected chi connectivity index (χ0v) is 16.0. The minimum Gasteiger partial charge on any atom is -0.390 e. The Labute approximate surface area is 167 Å². The lowest BCUT2D eigenvalue weighted by molar-refractivity contribution is -0.125. The summed E-state index contributed by atoms with van der Waals surface area (Å²) in [6, 6.07) is 3.56. The van der Waals surface area contributed by atoms with Gasteiger partial charge in [-0.2, -0.15) is 0 Å². The second kappa shape index (κ2) is 9.30. The summed E-state index contributed by atoms with van der Waals surface area (Å²) in [5.41, 5.74) is 6.12. The van der Waals surface area contributed by atoms with Crippen LogP contribution >= 0.6 is 0 Å². The average molecular weight is 404 g/mol. The number of hydrogen-bond acceptors (Lipinski definition) is 6. The molecule has 0 aliphatic heterocycles. The van der Waals surface area contributed by atoms with Gasteiger partial charge in [0.2, 0.25) is 11.8 Å². The molecule has 4 amide bonds. The molecule has 0 aromatic heterocycles. The maximum absolute atomic E-state index is 12.2. The van der Waals surface area contributed by atoms with Crippen LogP contribution in [0.1, 0.15) is 30.6 Å². The van der Waals surface area contributed by atoms with E-state index in [4.69, 9.17) is 5.73 Å². The van der Waals surface area contributed by atoms with E-state index in [0.29, 0.717) is 11.3 Å². The Kier molecular flexibility index (Phi) is 7.08. The van der Waals surface area contributed by atoms with Gasteiger partial charge in [-0.05, 0) is 38.1 Å². The second-order valence-corrected chi connectivity index (χ2v) is 6.81. The van der Waals surface area contributed by atoms with E-state index in [1.165, 1.54) is 19.9 Å². The molecule has 1 aliphatic rings. The third kappa shape index (κ3) is 5.87. The minimum absolute atomic E-state index is 0.104. The van der Waals surface area contributed by atoms with Gasteiger partial charge in [0, 0.05) is 23.2 Å². The Morgan fingerprint density at radius 1 is 1.14 bits per heavy atom. The van der Waals surface area contributed by atoms with E-state index < -0.39 is 42.1 Å². The van der Waals surface area contributed by atoms with Gasteiger partial charge >= 0.3 is 6.03 Å². The molecule has 0 bridgehead atoms. The number of amides is 4. The van der Waals surface area contributed by atoms with Crippen molar-refractivity contribution in [3.63, 3.8) is 0 Å². The van der Waals surface area contributed by atoms with Gasteiger partial charge in [-0.3, -0.25) is 14.4 Å². The predicted molar refractivity (Wildman–Crippen MR) is 104 cm³/mol. The summed E-state index contributed by atoms with van der Waals surface area (Å²) in [5.74, 6) is -1.46. The van der Waals surface area contributed by atoms with Gasteiger partial charge in [0.15, 0.2) is 5.78 Å². The number of nitrogens with one attached hydrogen (secondary N) is 3. The van der Waals surface area contributed by atoms with Gasteiger partial charge in [0.25, 0.3) is 0 Å². The Bertz CT molecular complexity index is 836. The number of Topliss-reactive ketones (excluding diaryl/α,β-unsaturated/α-hetero) is 1. The van der Waals surface area contributed by atoms with Crippen LogP contribution in [0, 0.1) is 0 Å². The summed E-state index contributed by atoms with van der Waals surface area (Å²) < 4.78 is 0. The molecule has 10 nitrogen and oxygen atoms in total. The Hall–Kier alpha value is -3.24. The molecule has 0 saturated carbocycles. The maximum atomic E-state index is 12.2. The van der Waals surface area contributed by atoms with Crippen molar-refractivity contribution in [2.24, 2.45) is 5.73 Å². The number of urea groups is 1. The first-order chi connectivity index (χ1) is 13.6. The lowest BCUT2D eigenvalue weighted by atomic mass is 9.90. The summed E-state index contributed by atoms with van der Waals surface area (Å²) in [7, 11) is 0. The standard InChI is InChI=1S/C19H24N4O6/c1-9(17(20)27)21-18(28)12-7-14(16(26)15(25)8-12)23-19(29)22-13-5-3-11(4-6-13)10(2)24/h3-7,9,14-16,25-26H,8H2,1-2H3,(H2,20,27)(H,21,28)(H2,22,23,29). The van der Waals surface area contributed by atoms with Crippen LogP contribution in [-0.2, 0) is 9.59 Å². The normalized spacial score (nSPS) is 22.1. The zero-order valence-electron chi connectivity index (χ0n) is 16.0. The molecule has 1 aromatic rings. The van der Waals surface area contributed by atoms with Crippen molar-refractivity contribution in [2.75, 3.05) is 5.32 Å². The van der Waals surface area contributed by atoms with Crippen LogP contribution in [0.25, 0.3) is 0 Å². The molecule has 1 aromatic carbocycles. The van der Waals surface area contributed by atoms with Gasteiger partial charge < -0.3 is 31.9 Å². The predicted octanol–water partition coefficient (Wildman–Crippen LogP) is -0.579. The minimum atomic E-state index is -1.33. The van der Waals surface area contributed by atoms with Crippen molar-refractivity contribution in [3.05, 3.63) is 41.5 Å². The number of aliphatic hydroxyl groups excluding tert-OH is 2. The molecule has 0 saturated heterocycles. The molecule has 4 atom stereocenters. The van der Waals surface area contributed by atoms with Crippen molar-refractivity contribution in [3.8, 4) is 0 Å². The summed E-state index contributed by atoms with van der Waals surface area (Å²) in [6.45, 7) is 2.84. The smallest absolute Gasteiger partial charge is 0.319 e. The van der Waals surface area contributed by atoms with Crippen LogP contribution in [0.3, 0.4) is 0 Å². The lowest BCUT2D eigenvalue weighted by Gasteiger charge is -2.31. The number of carbonyl (C=O) groups is 4. The van der Waals surface area contributed by atoms with Crippen LogP contribution in [0.4, 0.5) is 10.5 Å². The second-order valence-electron chi connectivity index (χ2n) is 6.81. The number of aliphatic hydroxyl groups is 2. The topological polar surface area (TPSA) is 171 Å². The lowest BCUT2D eigenvalue weighted by Crippen LogP contribution is -2.52. The summed E-state index contributed by atoms with van der Waals surface area (Å²) in [4.78, 5) is 46.8. The number of anilines is 1. The summed E-state index contributed by atoms with van der Waals surface area (Å²) >= 11 is 0. The molecule has 4 unspecified atom stereocenters. The van der Waals surface area contributed by atoms with Crippen molar-refractivity contribution >= 4 is 29.3 Å². The first kappa shape index (κ1) is 22.1. The number of primary amides is 1. The Morgan fingerprint density at radius 3 is 2.31 bits per heavy atom. The number of ketones is 1. The molecular formula is C19H24N4O6. The molecule has 2 rings (SSSR count). The fourth-order valence-corrected chi connectivity index (χ4v) is 2.73. The molecule has 0 radical (unpaired) electrons. The molecule has 0 fully saturated rings. The van der Waals surface area contributed by atoms with Crippen molar-refractivity contribution in [1.82, 2.24) is 10.6 Å². The molecule has 29 heavy (non-hydrogen) atoms. The zero-order chi connectivity index (χ0) is 21.7. The molecular weight excluding hydrogens is 380 g/mol. The van der Waals surface area contributed by atoms with Gasteiger partial charge in [-0.25, -0.2) is 4.79 Å². The summed E-state index contributed by atoms with van der Waals surface area (Å²) in [5, 5.41) is 27.6. The van der Waals surface area contributed by atoms with Crippen molar-refractivity contribution < 1.29 is 29.4 Å². The van der Waals surface area contributed by atoms with Crippen molar-refractivity contribution in [1.29, 1.82) is 0 Å². The molecule has 1 aliphatic carbocycles. The maximum Gasteiger partial charge on any atom is 0.319 e. The number of nitrogens with two attached hydrogens (primary N) is 1. The van der Waals surface area contributed by atoms with Crippen LogP contribution in [0.5, 0.6) is 0 Å². The fourth-order valence-electron chi connectivity index (χ4n) is 2.73.